The second-order valence-electron chi connectivity index (χ2n) is 6.06. The van der Waals surface area contributed by atoms with Gasteiger partial charge in [-0.1, -0.05) is 6.07 Å². The van der Waals surface area contributed by atoms with Crippen LogP contribution in [0.3, 0.4) is 0 Å². The van der Waals surface area contributed by atoms with Crippen LogP contribution in [-0.2, 0) is 0 Å². The maximum Gasteiger partial charge on any atom is 0.235 e. The van der Waals surface area contributed by atoms with Crippen molar-refractivity contribution >= 4 is 11.0 Å². The maximum atomic E-state index is 13.1. The van der Waals surface area contributed by atoms with Crippen molar-refractivity contribution in [1.29, 1.82) is 5.26 Å². The Morgan fingerprint density at radius 2 is 1.81 bits per heavy atom. The van der Waals surface area contributed by atoms with Gasteiger partial charge in [0.25, 0.3) is 0 Å². The summed E-state index contributed by atoms with van der Waals surface area (Å²) in [5.41, 5.74) is 2.54. The second kappa shape index (κ2) is 7.42. The number of fused-ring (bicyclic) bond motifs is 1. The summed E-state index contributed by atoms with van der Waals surface area (Å²) in [6.07, 6.45) is 0. The minimum absolute atomic E-state index is 0.00118. The van der Waals surface area contributed by atoms with Gasteiger partial charge < -0.3 is 18.6 Å². The van der Waals surface area contributed by atoms with Crippen molar-refractivity contribution in [3.8, 4) is 34.6 Å². The van der Waals surface area contributed by atoms with Gasteiger partial charge in [0.05, 0.1) is 19.6 Å². The number of ether oxygens (including phenoxy) is 3. The number of rotatable bonds is 5. The molecule has 1 aromatic heterocycles. The molecule has 0 N–H and O–H groups in total. The number of nitrogens with zero attached hydrogens (tertiary/aromatic N) is 1. The Balaban J connectivity index is 2.34. The number of hydrogen-bond acceptors (Lipinski definition) is 6. The van der Waals surface area contributed by atoms with E-state index in [1.54, 1.807) is 31.4 Å². The molecular formula is C21H19NO5. The molecule has 0 fully saturated rings. The minimum atomic E-state index is -0.317. The summed E-state index contributed by atoms with van der Waals surface area (Å²) in [6, 6.07) is 10.7. The van der Waals surface area contributed by atoms with E-state index in [0.29, 0.717) is 28.0 Å². The zero-order valence-corrected chi connectivity index (χ0v) is 15.6. The summed E-state index contributed by atoms with van der Waals surface area (Å²) in [6.45, 7) is 3.53. The molecule has 0 aliphatic carbocycles. The zero-order chi connectivity index (χ0) is 19.6. The highest BCUT2D eigenvalue weighted by Gasteiger charge is 2.20. The van der Waals surface area contributed by atoms with Crippen LogP contribution in [0.1, 0.15) is 11.1 Å². The standard InChI is InChI=1S/C21H19NO5/c1-12-9-13(2)19-15(10-12)18(23)21(26-8-7-22)20(27-19)14-5-6-16(24-3)17(11-14)25-4/h5-6,9-11H,8H2,1-4H3. The van der Waals surface area contributed by atoms with Gasteiger partial charge in [-0.3, -0.25) is 4.79 Å². The lowest BCUT2D eigenvalue weighted by Gasteiger charge is -2.13. The summed E-state index contributed by atoms with van der Waals surface area (Å²) >= 11 is 0. The van der Waals surface area contributed by atoms with Gasteiger partial charge in [0, 0.05) is 5.56 Å². The second-order valence-corrected chi connectivity index (χ2v) is 6.06. The van der Waals surface area contributed by atoms with Crippen LogP contribution in [0.4, 0.5) is 0 Å². The van der Waals surface area contributed by atoms with E-state index in [0.717, 1.165) is 11.1 Å². The monoisotopic (exact) mass is 365 g/mol. The third-order valence-electron chi connectivity index (χ3n) is 4.21. The van der Waals surface area contributed by atoms with E-state index in [1.807, 2.05) is 26.0 Å². The van der Waals surface area contributed by atoms with E-state index in [-0.39, 0.29) is 23.5 Å². The summed E-state index contributed by atoms with van der Waals surface area (Å²) in [4.78, 5) is 13.1. The Hall–Kier alpha value is -3.46. The molecule has 6 heteroatoms. The predicted molar refractivity (Wildman–Crippen MR) is 102 cm³/mol. The van der Waals surface area contributed by atoms with Crippen LogP contribution >= 0.6 is 0 Å². The third kappa shape index (κ3) is 3.32. The summed E-state index contributed by atoms with van der Waals surface area (Å²) < 4.78 is 22.1. The number of methoxy groups -OCH3 is 2. The van der Waals surface area contributed by atoms with Crippen LogP contribution in [-0.4, -0.2) is 20.8 Å². The van der Waals surface area contributed by atoms with E-state index >= 15 is 0 Å². The molecule has 0 unspecified atom stereocenters. The predicted octanol–water partition coefficient (Wildman–Crippen LogP) is 4.00. The van der Waals surface area contributed by atoms with Gasteiger partial charge in [0.2, 0.25) is 11.2 Å². The van der Waals surface area contributed by atoms with Crippen molar-refractivity contribution in [2.45, 2.75) is 13.8 Å². The van der Waals surface area contributed by atoms with Gasteiger partial charge in [-0.05, 0) is 49.2 Å². The summed E-state index contributed by atoms with van der Waals surface area (Å²) in [5.74, 6) is 1.29. The molecule has 0 radical (unpaired) electrons. The molecule has 6 nitrogen and oxygen atoms in total. The van der Waals surface area contributed by atoms with Crippen molar-refractivity contribution < 1.29 is 18.6 Å². The molecule has 1 heterocycles. The highest BCUT2D eigenvalue weighted by Crippen LogP contribution is 2.37. The normalized spacial score (nSPS) is 10.5. The molecule has 3 rings (SSSR count). The fourth-order valence-corrected chi connectivity index (χ4v) is 3.04. The van der Waals surface area contributed by atoms with Crippen molar-refractivity contribution in [3.05, 3.63) is 51.7 Å². The van der Waals surface area contributed by atoms with Gasteiger partial charge in [0.1, 0.15) is 11.7 Å². The van der Waals surface area contributed by atoms with Crippen molar-refractivity contribution in [2.75, 3.05) is 20.8 Å². The van der Waals surface area contributed by atoms with Gasteiger partial charge in [-0.25, -0.2) is 0 Å². The Morgan fingerprint density at radius 3 is 2.48 bits per heavy atom. The molecular weight excluding hydrogens is 346 g/mol. The smallest absolute Gasteiger partial charge is 0.235 e. The SMILES string of the molecule is COc1ccc(-c2oc3c(C)cc(C)cc3c(=O)c2OCC#N)cc1OC. The maximum absolute atomic E-state index is 13.1. The highest BCUT2D eigenvalue weighted by molar-refractivity contribution is 5.85. The number of nitriles is 1. The van der Waals surface area contributed by atoms with E-state index in [4.69, 9.17) is 23.9 Å². The van der Waals surface area contributed by atoms with Gasteiger partial charge in [-0.15, -0.1) is 0 Å². The number of aryl methyl sites for hydroxylation is 2. The van der Waals surface area contributed by atoms with Crippen LogP contribution in [0.15, 0.2) is 39.5 Å². The topological polar surface area (TPSA) is 81.7 Å². The van der Waals surface area contributed by atoms with Gasteiger partial charge in [-0.2, -0.15) is 5.26 Å². The Morgan fingerprint density at radius 1 is 1.07 bits per heavy atom. The fraction of sp³-hybridized carbons (Fsp3) is 0.238. The lowest BCUT2D eigenvalue weighted by atomic mass is 10.0. The Labute approximate surface area is 156 Å². The molecule has 0 aliphatic heterocycles. The van der Waals surface area contributed by atoms with E-state index in [9.17, 15) is 4.79 Å². The summed E-state index contributed by atoms with van der Waals surface area (Å²) in [7, 11) is 3.07. The first-order chi connectivity index (χ1) is 13.0. The van der Waals surface area contributed by atoms with Crippen LogP contribution < -0.4 is 19.6 Å². The van der Waals surface area contributed by atoms with Gasteiger partial charge in [0.15, 0.2) is 23.9 Å². The third-order valence-corrected chi connectivity index (χ3v) is 4.21. The van der Waals surface area contributed by atoms with Crippen molar-refractivity contribution in [2.24, 2.45) is 0 Å². The van der Waals surface area contributed by atoms with Crippen molar-refractivity contribution in [1.82, 2.24) is 0 Å². The van der Waals surface area contributed by atoms with Crippen LogP contribution in [0.5, 0.6) is 17.2 Å². The Bertz CT molecular complexity index is 1110. The molecule has 0 spiro atoms. The lowest BCUT2D eigenvalue weighted by molar-refractivity contribution is 0.353. The first-order valence-electron chi connectivity index (χ1n) is 8.30. The first kappa shape index (κ1) is 18.3. The molecule has 0 atom stereocenters. The molecule has 0 bridgehead atoms. The molecule has 2 aromatic carbocycles. The number of hydrogen-bond donors (Lipinski definition) is 0. The van der Waals surface area contributed by atoms with Crippen LogP contribution in [0.2, 0.25) is 0 Å². The molecule has 3 aromatic rings. The molecule has 138 valence electrons. The zero-order valence-electron chi connectivity index (χ0n) is 15.6. The molecule has 0 amide bonds. The minimum Gasteiger partial charge on any atom is -0.493 e. The fourth-order valence-electron chi connectivity index (χ4n) is 3.04. The average Bonchev–Trinajstić information content (AvgIpc) is 2.67. The molecule has 0 aliphatic rings. The van der Waals surface area contributed by atoms with Crippen molar-refractivity contribution in [3.63, 3.8) is 0 Å². The van der Waals surface area contributed by atoms with E-state index in [1.165, 1.54) is 7.11 Å². The lowest BCUT2D eigenvalue weighted by Crippen LogP contribution is -2.11. The number of benzene rings is 2. The Kier molecular flexibility index (Phi) is 5.04. The van der Waals surface area contributed by atoms with Crippen LogP contribution in [0, 0.1) is 25.2 Å². The quantitative estimate of drug-likeness (QED) is 0.680. The molecule has 0 saturated carbocycles. The molecule has 27 heavy (non-hydrogen) atoms. The van der Waals surface area contributed by atoms with E-state index in [2.05, 4.69) is 0 Å². The van der Waals surface area contributed by atoms with Crippen LogP contribution in [0.25, 0.3) is 22.3 Å². The largest absolute Gasteiger partial charge is 0.493 e. The average molecular weight is 365 g/mol. The van der Waals surface area contributed by atoms with E-state index < -0.39 is 0 Å². The highest BCUT2D eigenvalue weighted by atomic mass is 16.5. The first-order valence-corrected chi connectivity index (χ1v) is 8.30. The van der Waals surface area contributed by atoms with Gasteiger partial charge >= 0.3 is 0 Å². The molecule has 0 saturated heterocycles. The summed E-state index contributed by atoms with van der Waals surface area (Å²) in [5, 5.41) is 9.31.